The van der Waals surface area contributed by atoms with Crippen LogP contribution in [-0.4, -0.2) is 31.5 Å². The molecule has 1 aliphatic heterocycles. The first-order valence-electron chi connectivity index (χ1n) is 7.33. The minimum Gasteiger partial charge on any atom is -0.382 e. The van der Waals surface area contributed by atoms with Gasteiger partial charge in [0.2, 0.25) is 0 Å². The Bertz CT molecular complexity index is 496. The Balaban J connectivity index is 1.76. The van der Waals surface area contributed by atoms with Gasteiger partial charge in [0.15, 0.2) is 0 Å². The topological polar surface area (TPSA) is 55.8 Å². The summed E-state index contributed by atoms with van der Waals surface area (Å²) in [7, 11) is 2.01. The van der Waals surface area contributed by atoms with Gasteiger partial charge in [-0.1, -0.05) is 31.2 Å². The molecule has 21 heavy (non-hydrogen) atoms. The molecule has 2 rings (SSSR count). The largest absolute Gasteiger partial charge is 0.386 e. The molecule has 0 bridgehead atoms. The van der Waals surface area contributed by atoms with Crippen LogP contribution >= 0.6 is 18.2 Å². The molecule has 0 amide bonds. The molecule has 116 valence electrons. The lowest BCUT2D eigenvalue weighted by atomic mass is 9.97. The van der Waals surface area contributed by atoms with Gasteiger partial charge in [0, 0.05) is 11.8 Å². The van der Waals surface area contributed by atoms with Crippen LogP contribution < -0.4 is 0 Å². The molecule has 1 heterocycles. The van der Waals surface area contributed by atoms with Gasteiger partial charge in [-0.05, 0) is 41.8 Å². The molecule has 1 unspecified atom stereocenters. The molecule has 1 saturated heterocycles. The Morgan fingerprint density at radius 2 is 2.05 bits per heavy atom. The second-order valence-electron chi connectivity index (χ2n) is 5.35. The molecule has 1 fully saturated rings. The van der Waals surface area contributed by atoms with Crippen LogP contribution in [0.4, 0.5) is 0 Å². The van der Waals surface area contributed by atoms with Crippen LogP contribution in [-0.2, 0) is 26.0 Å². The van der Waals surface area contributed by atoms with Crippen molar-refractivity contribution in [2.75, 3.05) is 6.61 Å². The van der Waals surface area contributed by atoms with Crippen molar-refractivity contribution in [2.24, 2.45) is 0 Å². The molecular weight excluding hydrogens is 306 g/mol. The van der Waals surface area contributed by atoms with Crippen LogP contribution in [0.5, 0.6) is 0 Å². The quantitative estimate of drug-likeness (QED) is 0.616. The molecule has 4 nitrogen and oxygen atoms in total. The Kier molecular flexibility index (Phi) is 6.39. The smallest absolute Gasteiger partial charge is 0.382 e. The Morgan fingerprint density at radius 3 is 2.62 bits per heavy atom. The Morgan fingerprint density at radius 1 is 1.38 bits per heavy atom. The molecule has 0 radical (unpaired) electrons. The van der Waals surface area contributed by atoms with E-state index < -0.39 is 6.80 Å². The fourth-order valence-electron chi connectivity index (χ4n) is 2.25. The fourth-order valence-corrected chi connectivity index (χ4v) is 4.53. The second kappa shape index (κ2) is 7.84. The van der Waals surface area contributed by atoms with E-state index in [0.717, 1.165) is 36.2 Å². The summed E-state index contributed by atoms with van der Waals surface area (Å²) in [4.78, 5) is 9.84. The minimum atomic E-state index is -3.61. The van der Waals surface area contributed by atoms with Gasteiger partial charge in [0.25, 0.3) is 0 Å². The van der Waals surface area contributed by atoms with Gasteiger partial charge in [-0.25, -0.2) is 4.57 Å². The highest BCUT2D eigenvalue weighted by Gasteiger charge is 2.27. The zero-order valence-electron chi connectivity index (χ0n) is 12.5. The number of rotatable bonds is 7. The van der Waals surface area contributed by atoms with Crippen molar-refractivity contribution in [1.82, 2.24) is 0 Å². The Labute approximate surface area is 131 Å². The summed E-state index contributed by atoms with van der Waals surface area (Å²) in [6.07, 6.45) is 2.82. The van der Waals surface area contributed by atoms with E-state index >= 15 is 0 Å². The van der Waals surface area contributed by atoms with Crippen molar-refractivity contribution >= 4 is 26.0 Å². The predicted octanol–water partition coefficient (Wildman–Crippen LogP) is 2.74. The summed E-state index contributed by atoms with van der Waals surface area (Å²) in [6.45, 7) is -1.32. The van der Waals surface area contributed by atoms with Crippen LogP contribution in [0.25, 0.3) is 0 Å². The molecular formula is C14H22BO4PS. The maximum absolute atomic E-state index is 12.0. The van der Waals surface area contributed by atoms with E-state index in [1.165, 1.54) is 5.56 Å². The van der Waals surface area contributed by atoms with Gasteiger partial charge < -0.3 is 9.63 Å². The van der Waals surface area contributed by atoms with E-state index in [1.54, 1.807) is 0 Å². The van der Waals surface area contributed by atoms with Gasteiger partial charge in [-0.15, -0.1) is 0 Å². The zero-order chi connectivity index (χ0) is 15.3. The molecule has 0 spiro atoms. The molecule has 1 aliphatic rings. The molecule has 0 aliphatic carbocycles. The number of hydrogen-bond donors (Lipinski definition) is 1. The van der Waals surface area contributed by atoms with E-state index in [1.807, 2.05) is 32.1 Å². The van der Waals surface area contributed by atoms with Crippen molar-refractivity contribution in [2.45, 2.75) is 44.0 Å². The van der Waals surface area contributed by atoms with Crippen LogP contribution in [0, 0.1) is 0 Å². The second-order valence-corrected chi connectivity index (χ2v) is 9.25. The van der Waals surface area contributed by atoms with E-state index in [4.69, 9.17) is 9.26 Å². The summed E-state index contributed by atoms with van der Waals surface area (Å²) in [6, 6.07) is 8.31. The van der Waals surface area contributed by atoms with E-state index in [9.17, 15) is 9.46 Å². The molecule has 1 aromatic rings. The monoisotopic (exact) mass is 328 g/mol. The first kappa shape index (κ1) is 17.1. The first-order chi connectivity index (χ1) is 9.98. The normalized spacial score (nSPS) is 24.9. The third kappa shape index (κ3) is 5.80. The molecule has 0 aromatic heterocycles. The van der Waals surface area contributed by atoms with Crippen LogP contribution in [0.1, 0.15) is 30.9 Å². The number of benzene rings is 1. The molecule has 1 N–H and O–H groups in total. The highest BCUT2D eigenvalue weighted by atomic mass is 32.7. The van der Waals surface area contributed by atoms with Crippen LogP contribution in [0.2, 0.25) is 0 Å². The first-order valence-corrected chi connectivity index (χ1v) is 10.5. The van der Waals surface area contributed by atoms with Gasteiger partial charge in [0.1, 0.15) is 7.85 Å². The standard InChI is InChI=1S/C14H22BO4PS/c1-2-11-3-5-12(6-4-11)10-21-20(16,17)18-9-13-7-8-14(15)19-13/h3-6,13-14H,2,7-10,15H2,1H3,(H,16,17)/t13-,14+/m0/s1. The highest BCUT2D eigenvalue weighted by Crippen LogP contribution is 2.57. The lowest BCUT2D eigenvalue weighted by Gasteiger charge is -2.15. The van der Waals surface area contributed by atoms with Gasteiger partial charge >= 0.3 is 6.80 Å². The summed E-state index contributed by atoms with van der Waals surface area (Å²) < 4.78 is 22.7. The maximum Gasteiger partial charge on any atom is 0.386 e. The molecule has 7 heteroatoms. The van der Waals surface area contributed by atoms with Gasteiger partial charge in [0.05, 0.1) is 12.7 Å². The average molecular weight is 328 g/mol. The van der Waals surface area contributed by atoms with Crippen LogP contribution in [0.15, 0.2) is 24.3 Å². The van der Waals surface area contributed by atoms with Crippen LogP contribution in [0.3, 0.4) is 0 Å². The van der Waals surface area contributed by atoms with Crippen molar-refractivity contribution in [3.63, 3.8) is 0 Å². The Hall–Kier alpha value is -0.255. The third-order valence-corrected chi connectivity index (χ3v) is 6.52. The van der Waals surface area contributed by atoms with Crippen molar-refractivity contribution in [1.29, 1.82) is 0 Å². The fraction of sp³-hybridized carbons (Fsp3) is 0.571. The number of ether oxygens (including phenoxy) is 1. The van der Waals surface area contributed by atoms with Gasteiger partial charge in [-0.3, -0.25) is 4.52 Å². The lowest BCUT2D eigenvalue weighted by Crippen LogP contribution is -2.15. The number of aryl methyl sites for hydroxylation is 1. The molecule has 1 aromatic carbocycles. The van der Waals surface area contributed by atoms with Crippen molar-refractivity contribution in [3.8, 4) is 0 Å². The molecule has 0 saturated carbocycles. The third-order valence-electron chi connectivity index (χ3n) is 3.57. The van der Waals surface area contributed by atoms with E-state index in [0.29, 0.717) is 5.75 Å². The lowest BCUT2D eigenvalue weighted by molar-refractivity contribution is 0.0493. The summed E-state index contributed by atoms with van der Waals surface area (Å²) in [5.74, 6) is 0.472. The summed E-state index contributed by atoms with van der Waals surface area (Å²) in [5, 5.41) is 0. The van der Waals surface area contributed by atoms with Gasteiger partial charge in [-0.2, -0.15) is 0 Å². The minimum absolute atomic E-state index is 0.0510. The summed E-state index contributed by atoms with van der Waals surface area (Å²) >= 11 is 0.963. The van der Waals surface area contributed by atoms with E-state index in [2.05, 4.69) is 6.92 Å². The SMILES string of the molecule is B[C@H]1CC[C@@H](COP(=O)(O)SCc2ccc(CC)cc2)O1. The molecule has 3 atom stereocenters. The number of hydrogen-bond acceptors (Lipinski definition) is 4. The van der Waals surface area contributed by atoms with Crippen molar-refractivity contribution < 1.29 is 18.7 Å². The predicted molar refractivity (Wildman–Crippen MR) is 89.3 cm³/mol. The maximum atomic E-state index is 12.0. The van der Waals surface area contributed by atoms with Crippen molar-refractivity contribution in [3.05, 3.63) is 35.4 Å². The highest BCUT2D eigenvalue weighted by molar-refractivity contribution is 8.54. The average Bonchev–Trinajstić information content (AvgIpc) is 2.90. The zero-order valence-corrected chi connectivity index (χ0v) is 14.2. The van der Waals surface area contributed by atoms with E-state index in [-0.39, 0.29) is 18.7 Å². The summed E-state index contributed by atoms with van der Waals surface area (Å²) in [5.41, 5.74) is 2.29.